The zero-order valence-electron chi connectivity index (χ0n) is 32.4. The van der Waals surface area contributed by atoms with Crippen molar-refractivity contribution < 1.29 is 0 Å². The van der Waals surface area contributed by atoms with Crippen LogP contribution >= 0.6 is 0 Å². The summed E-state index contributed by atoms with van der Waals surface area (Å²) in [6, 6.07) is 85.3. The molecular formula is C56H39N3. The summed E-state index contributed by atoms with van der Waals surface area (Å²) in [6.45, 7) is 0. The van der Waals surface area contributed by atoms with Crippen LogP contribution in [0.25, 0.3) is 50.4 Å². The van der Waals surface area contributed by atoms with E-state index >= 15 is 0 Å². The number of rotatable bonds is 8. The molecule has 0 bridgehead atoms. The molecule has 278 valence electrons. The molecule has 0 aliphatic heterocycles. The number of hydrogen-bond acceptors (Lipinski definition) is 2. The normalized spacial score (nSPS) is 12.5. The highest BCUT2D eigenvalue weighted by Gasteiger charge is 2.46. The van der Waals surface area contributed by atoms with Gasteiger partial charge in [-0.25, -0.2) is 4.98 Å². The van der Waals surface area contributed by atoms with Crippen LogP contribution < -0.4 is 4.90 Å². The molecule has 1 aromatic heterocycles. The van der Waals surface area contributed by atoms with Crippen LogP contribution in [-0.4, -0.2) is 9.55 Å². The zero-order chi connectivity index (χ0) is 39.2. The second-order valence-corrected chi connectivity index (χ2v) is 15.1. The third kappa shape index (κ3) is 5.70. The fraction of sp³-hybridized carbons (Fsp3) is 0.0179. The molecule has 0 radical (unpaired) electrons. The van der Waals surface area contributed by atoms with E-state index in [-0.39, 0.29) is 0 Å². The largest absolute Gasteiger partial charge is 0.311 e. The first-order valence-corrected chi connectivity index (χ1v) is 20.2. The van der Waals surface area contributed by atoms with Crippen LogP contribution in [0, 0.1) is 0 Å². The standard InChI is InChI=1S/C56H39N3/c1-4-16-40(17-5-1)41-30-36-47(37-31-41)58(45-18-6-2-7-19-45)48-38-34-44(35-39-48)56(51-24-12-10-22-49(51)50-23-11-13-25-52(50)56)43-32-28-42(29-33-43)55-57-53-26-14-15-27-54(53)59(55)46-20-8-3-9-21-46/h1-39H. The Kier molecular flexibility index (Phi) is 8.37. The maximum Gasteiger partial charge on any atom is 0.145 e. The molecule has 0 spiro atoms. The topological polar surface area (TPSA) is 21.1 Å². The Hall–Kier alpha value is -7.75. The van der Waals surface area contributed by atoms with Gasteiger partial charge >= 0.3 is 0 Å². The fourth-order valence-electron chi connectivity index (χ4n) is 9.27. The number of benzene rings is 9. The number of nitrogens with zero attached hydrogens (tertiary/aromatic N) is 3. The molecule has 0 N–H and O–H groups in total. The predicted octanol–water partition coefficient (Wildman–Crippen LogP) is 14.2. The molecule has 0 unspecified atom stereocenters. The monoisotopic (exact) mass is 753 g/mol. The first-order valence-electron chi connectivity index (χ1n) is 20.2. The second-order valence-electron chi connectivity index (χ2n) is 15.1. The summed E-state index contributed by atoms with van der Waals surface area (Å²) in [6.07, 6.45) is 0. The van der Waals surface area contributed by atoms with Gasteiger partial charge in [0.1, 0.15) is 5.82 Å². The summed E-state index contributed by atoms with van der Waals surface area (Å²) < 4.78 is 2.27. The Morgan fingerprint density at radius 1 is 0.356 bits per heavy atom. The van der Waals surface area contributed by atoms with Gasteiger partial charge < -0.3 is 4.90 Å². The average molecular weight is 754 g/mol. The van der Waals surface area contributed by atoms with Gasteiger partial charge in [-0.05, 0) is 105 Å². The van der Waals surface area contributed by atoms with Gasteiger partial charge in [0.25, 0.3) is 0 Å². The molecule has 0 saturated heterocycles. The van der Waals surface area contributed by atoms with E-state index in [1.54, 1.807) is 0 Å². The van der Waals surface area contributed by atoms with Crippen molar-refractivity contribution in [2.45, 2.75) is 5.41 Å². The molecule has 3 nitrogen and oxygen atoms in total. The van der Waals surface area contributed by atoms with Gasteiger partial charge in [0.05, 0.1) is 16.4 Å². The molecule has 0 fully saturated rings. The number of hydrogen-bond donors (Lipinski definition) is 0. The summed E-state index contributed by atoms with van der Waals surface area (Å²) in [5, 5.41) is 0. The van der Waals surface area contributed by atoms with E-state index in [1.165, 1.54) is 44.5 Å². The first-order chi connectivity index (χ1) is 29.3. The van der Waals surface area contributed by atoms with Gasteiger partial charge in [0.15, 0.2) is 0 Å². The summed E-state index contributed by atoms with van der Waals surface area (Å²) in [5.74, 6) is 0.923. The average Bonchev–Trinajstić information content (AvgIpc) is 3.85. The number of anilines is 3. The number of imidazole rings is 1. The van der Waals surface area contributed by atoms with E-state index in [0.29, 0.717) is 0 Å². The highest BCUT2D eigenvalue weighted by molar-refractivity contribution is 5.88. The van der Waals surface area contributed by atoms with Gasteiger partial charge in [-0.3, -0.25) is 4.57 Å². The van der Waals surface area contributed by atoms with E-state index in [4.69, 9.17) is 4.98 Å². The van der Waals surface area contributed by atoms with Crippen molar-refractivity contribution in [1.82, 2.24) is 9.55 Å². The molecule has 10 aromatic rings. The lowest BCUT2D eigenvalue weighted by atomic mass is 9.67. The van der Waals surface area contributed by atoms with Crippen LogP contribution in [0.2, 0.25) is 0 Å². The van der Waals surface area contributed by atoms with Crippen molar-refractivity contribution in [3.05, 3.63) is 259 Å². The van der Waals surface area contributed by atoms with Crippen LogP contribution in [0.5, 0.6) is 0 Å². The van der Waals surface area contributed by atoms with Gasteiger partial charge in [-0.2, -0.15) is 0 Å². The molecule has 0 amide bonds. The highest BCUT2D eigenvalue weighted by atomic mass is 15.1. The lowest BCUT2D eigenvalue weighted by Crippen LogP contribution is -2.28. The Labute approximate surface area is 344 Å². The van der Waals surface area contributed by atoms with Crippen molar-refractivity contribution >= 4 is 28.1 Å². The van der Waals surface area contributed by atoms with Crippen molar-refractivity contribution in [3.63, 3.8) is 0 Å². The molecular weight excluding hydrogens is 715 g/mol. The van der Waals surface area contributed by atoms with Crippen molar-refractivity contribution in [1.29, 1.82) is 0 Å². The number of aromatic nitrogens is 2. The van der Waals surface area contributed by atoms with Crippen LogP contribution in [0.1, 0.15) is 22.3 Å². The maximum absolute atomic E-state index is 5.19. The third-order valence-electron chi connectivity index (χ3n) is 11.9. The first kappa shape index (κ1) is 34.5. The van der Waals surface area contributed by atoms with E-state index in [2.05, 4.69) is 246 Å². The maximum atomic E-state index is 5.19. The lowest BCUT2D eigenvalue weighted by molar-refractivity contribution is 0.768. The van der Waals surface area contributed by atoms with Gasteiger partial charge in [-0.1, -0.05) is 176 Å². The van der Waals surface area contributed by atoms with Crippen LogP contribution in [0.3, 0.4) is 0 Å². The van der Waals surface area contributed by atoms with Gasteiger partial charge in [0.2, 0.25) is 0 Å². The molecule has 0 atom stereocenters. The Balaban J connectivity index is 1.06. The van der Waals surface area contributed by atoms with Crippen molar-refractivity contribution in [2.24, 2.45) is 0 Å². The summed E-state index contributed by atoms with van der Waals surface area (Å²) in [7, 11) is 0. The SMILES string of the molecule is c1ccc(-c2ccc(N(c3ccccc3)c3ccc(C4(c5ccc(-c6nc7ccccc7n6-c6ccccc6)cc5)c5ccccc5-c5ccccc54)cc3)cc2)cc1. The molecule has 1 aliphatic rings. The van der Waals surface area contributed by atoms with Gasteiger partial charge in [0, 0.05) is 28.3 Å². The minimum atomic E-state index is -0.543. The van der Waals surface area contributed by atoms with Crippen LogP contribution in [0.15, 0.2) is 237 Å². The smallest absolute Gasteiger partial charge is 0.145 e. The molecule has 11 rings (SSSR count). The predicted molar refractivity (Wildman–Crippen MR) is 244 cm³/mol. The molecule has 3 heteroatoms. The van der Waals surface area contributed by atoms with Gasteiger partial charge in [-0.15, -0.1) is 0 Å². The van der Waals surface area contributed by atoms with Crippen LogP contribution in [0.4, 0.5) is 17.1 Å². The highest BCUT2D eigenvalue weighted by Crippen LogP contribution is 2.56. The van der Waals surface area contributed by atoms with Crippen molar-refractivity contribution in [3.8, 4) is 39.3 Å². The fourth-order valence-corrected chi connectivity index (χ4v) is 9.27. The number of para-hydroxylation sites is 4. The van der Waals surface area contributed by atoms with E-state index < -0.39 is 5.41 Å². The van der Waals surface area contributed by atoms with E-state index in [1.807, 2.05) is 0 Å². The lowest BCUT2D eigenvalue weighted by Gasteiger charge is -2.34. The minimum Gasteiger partial charge on any atom is -0.311 e. The molecule has 1 aliphatic carbocycles. The minimum absolute atomic E-state index is 0.543. The summed E-state index contributed by atoms with van der Waals surface area (Å²) in [5.41, 5.74) is 16.9. The number of fused-ring (bicyclic) bond motifs is 4. The zero-order valence-corrected chi connectivity index (χ0v) is 32.4. The second kappa shape index (κ2) is 14.3. The molecule has 1 heterocycles. The Bertz CT molecular complexity index is 3010. The van der Waals surface area contributed by atoms with E-state index in [0.717, 1.165) is 45.2 Å². The molecule has 59 heavy (non-hydrogen) atoms. The summed E-state index contributed by atoms with van der Waals surface area (Å²) in [4.78, 5) is 7.53. The quantitative estimate of drug-likeness (QED) is 0.154. The molecule has 9 aromatic carbocycles. The third-order valence-corrected chi connectivity index (χ3v) is 11.9. The Morgan fingerprint density at radius 3 is 1.42 bits per heavy atom. The van der Waals surface area contributed by atoms with E-state index in [9.17, 15) is 0 Å². The van der Waals surface area contributed by atoms with Crippen LogP contribution in [-0.2, 0) is 5.41 Å². The summed E-state index contributed by atoms with van der Waals surface area (Å²) >= 11 is 0. The molecule has 0 saturated carbocycles. The van der Waals surface area contributed by atoms with Crippen molar-refractivity contribution in [2.75, 3.05) is 4.90 Å². The Morgan fingerprint density at radius 2 is 0.797 bits per heavy atom.